The molecule has 1 aromatic rings. The molecule has 2 amide bonds. The Bertz CT molecular complexity index is 572. The quantitative estimate of drug-likeness (QED) is 0.836. The molecule has 6 nitrogen and oxygen atoms in total. The van der Waals surface area contributed by atoms with Gasteiger partial charge in [0.25, 0.3) is 5.91 Å². The van der Waals surface area contributed by atoms with Gasteiger partial charge in [0, 0.05) is 31.3 Å². The molecule has 0 radical (unpaired) electrons. The van der Waals surface area contributed by atoms with Gasteiger partial charge in [-0.15, -0.1) is 0 Å². The lowest BCUT2D eigenvalue weighted by Crippen LogP contribution is -2.42. The smallest absolute Gasteiger partial charge is 0.265 e. The predicted molar refractivity (Wildman–Crippen MR) is 91.0 cm³/mol. The van der Waals surface area contributed by atoms with E-state index >= 15 is 0 Å². The average molecular weight is 319 g/mol. The molecule has 0 aliphatic carbocycles. The summed E-state index contributed by atoms with van der Waals surface area (Å²) in [6, 6.07) is 5.43. The SMILES string of the molecule is CCCCC(=O)Nc1ccc2c(c1)OCC(=O)N2CCN(C)C. The van der Waals surface area contributed by atoms with E-state index in [9.17, 15) is 9.59 Å². The van der Waals surface area contributed by atoms with Gasteiger partial charge in [0.15, 0.2) is 6.61 Å². The van der Waals surface area contributed by atoms with Gasteiger partial charge >= 0.3 is 0 Å². The number of rotatable bonds is 7. The number of anilines is 2. The Kier molecular flexibility index (Phi) is 5.98. The number of amides is 2. The number of carbonyl (C=O) groups excluding carboxylic acids is 2. The first kappa shape index (κ1) is 17.3. The second-order valence-corrected chi connectivity index (χ2v) is 5.97. The van der Waals surface area contributed by atoms with E-state index in [1.54, 1.807) is 11.0 Å². The monoisotopic (exact) mass is 319 g/mol. The van der Waals surface area contributed by atoms with E-state index in [0.29, 0.717) is 24.4 Å². The number of nitrogens with one attached hydrogen (secondary N) is 1. The largest absolute Gasteiger partial charge is 0.481 e. The van der Waals surface area contributed by atoms with Crippen molar-refractivity contribution in [3.8, 4) is 5.75 Å². The van der Waals surface area contributed by atoms with E-state index < -0.39 is 0 Å². The molecule has 126 valence electrons. The summed E-state index contributed by atoms with van der Waals surface area (Å²) in [5, 5.41) is 2.87. The maximum atomic E-state index is 12.1. The molecule has 0 spiro atoms. The third kappa shape index (κ3) is 4.69. The van der Waals surface area contributed by atoms with Gasteiger partial charge in [-0.1, -0.05) is 13.3 Å². The summed E-state index contributed by atoms with van der Waals surface area (Å²) in [6.07, 6.45) is 2.38. The number of fused-ring (bicyclic) bond motifs is 1. The van der Waals surface area contributed by atoms with Crippen molar-refractivity contribution in [3.63, 3.8) is 0 Å². The molecule has 0 saturated heterocycles. The Morgan fingerprint density at radius 3 is 2.87 bits per heavy atom. The van der Waals surface area contributed by atoms with Crippen molar-refractivity contribution >= 4 is 23.2 Å². The fraction of sp³-hybridized carbons (Fsp3) is 0.529. The van der Waals surface area contributed by atoms with Crippen molar-refractivity contribution < 1.29 is 14.3 Å². The Morgan fingerprint density at radius 1 is 1.39 bits per heavy atom. The van der Waals surface area contributed by atoms with Gasteiger partial charge in [-0.25, -0.2) is 0 Å². The maximum absolute atomic E-state index is 12.1. The molecule has 1 heterocycles. The number of unbranched alkanes of at least 4 members (excludes halogenated alkanes) is 1. The van der Waals surface area contributed by atoms with Crippen molar-refractivity contribution in [1.29, 1.82) is 0 Å². The van der Waals surface area contributed by atoms with Crippen molar-refractivity contribution in [2.75, 3.05) is 44.0 Å². The molecule has 23 heavy (non-hydrogen) atoms. The molecule has 2 rings (SSSR count). The molecule has 0 aromatic heterocycles. The summed E-state index contributed by atoms with van der Waals surface area (Å²) < 4.78 is 5.52. The molecule has 0 unspecified atom stereocenters. The van der Waals surface area contributed by atoms with Crippen LogP contribution in [0.3, 0.4) is 0 Å². The van der Waals surface area contributed by atoms with Crippen LogP contribution in [0.2, 0.25) is 0 Å². The summed E-state index contributed by atoms with van der Waals surface area (Å²) in [5.41, 5.74) is 1.46. The number of ether oxygens (including phenoxy) is 1. The fourth-order valence-electron chi connectivity index (χ4n) is 2.39. The van der Waals surface area contributed by atoms with Gasteiger partial charge in [0.2, 0.25) is 5.91 Å². The minimum atomic E-state index is -0.0425. The predicted octanol–water partition coefficient (Wildman–Crippen LogP) is 2.10. The summed E-state index contributed by atoms with van der Waals surface area (Å²) in [4.78, 5) is 27.6. The first-order chi connectivity index (χ1) is 11.0. The first-order valence-corrected chi connectivity index (χ1v) is 8.03. The Morgan fingerprint density at radius 2 is 2.17 bits per heavy atom. The van der Waals surface area contributed by atoms with Crippen molar-refractivity contribution in [1.82, 2.24) is 4.90 Å². The molecule has 0 fully saturated rings. The second-order valence-electron chi connectivity index (χ2n) is 5.97. The third-order valence-corrected chi connectivity index (χ3v) is 3.71. The van der Waals surface area contributed by atoms with E-state index in [2.05, 4.69) is 12.2 Å². The van der Waals surface area contributed by atoms with Crippen LogP contribution in [0.1, 0.15) is 26.2 Å². The highest BCUT2D eigenvalue weighted by Gasteiger charge is 2.25. The van der Waals surface area contributed by atoms with E-state index in [0.717, 1.165) is 25.1 Å². The molecule has 1 N–H and O–H groups in total. The van der Waals surface area contributed by atoms with Gasteiger partial charge < -0.3 is 19.9 Å². The van der Waals surface area contributed by atoms with Crippen LogP contribution in [-0.4, -0.2) is 50.5 Å². The molecular weight excluding hydrogens is 294 g/mol. The fourth-order valence-corrected chi connectivity index (χ4v) is 2.39. The molecule has 1 aliphatic rings. The lowest BCUT2D eigenvalue weighted by atomic mass is 10.2. The standard InChI is InChI=1S/C17H25N3O3/c1-4-5-6-16(21)18-13-7-8-14-15(11-13)23-12-17(22)20(14)10-9-19(2)3/h7-8,11H,4-6,9-10,12H2,1-3H3,(H,18,21). The van der Waals surface area contributed by atoms with E-state index in [1.165, 1.54) is 0 Å². The van der Waals surface area contributed by atoms with Crippen LogP contribution >= 0.6 is 0 Å². The number of likely N-dealkylation sites (N-methyl/N-ethyl adjacent to an activating group) is 1. The van der Waals surface area contributed by atoms with Gasteiger partial charge in [0.05, 0.1) is 5.69 Å². The number of hydrogen-bond acceptors (Lipinski definition) is 4. The van der Waals surface area contributed by atoms with Crippen LogP contribution in [0.5, 0.6) is 5.75 Å². The molecule has 1 aromatic carbocycles. The molecule has 6 heteroatoms. The molecule has 1 aliphatic heterocycles. The Balaban J connectivity index is 2.10. The first-order valence-electron chi connectivity index (χ1n) is 8.03. The van der Waals surface area contributed by atoms with Crippen LogP contribution in [0.25, 0.3) is 0 Å². The highest BCUT2D eigenvalue weighted by Crippen LogP contribution is 2.34. The van der Waals surface area contributed by atoms with Gasteiger partial charge in [-0.2, -0.15) is 0 Å². The Hall–Kier alpha value is -2.08. The molecule has 0 atom stereocenters. The van der Waals surface area contributed by atoms with Crippen LogP contribution in [0, 0.1) is 0 Å². The van der Waals surface area contributed by atoms with Crippen molar-refractivity contribution in [2.45, 2.75) is 26.2 Å². The number of hydrogen-bond donors (Lipinski definition) is 1. The zero-order valence-corrected chi connectivity index (χ0v) is 14.1. The minimum Gasteiger partial charge on any atom is -0.481 e. The maximum Gasteiger partial charge on any atom is 0.265 e. The normalized spacial score (nSPS) is 13.7. The summed E-state index contributed by atoms with van der Waals surface area (Å²) in [7, 11) is 3.95. The van der Waals surface area contributed by atoms with Crippen LogP contribution in [-0.2, 0) is 9.59 Å². The second kappa shape index (κ2) is 7.97. The number of carbonyl (C=O) groups is 2. The van der Waals surface area contributed by atoms with E-state index in [4.69, 9.17) is 4.74 Å². The molecule has 0 saturated carbocycles. The molecule has 0 bridgehead atoms. The lowest BCUT2D eigenvalue weighted by molar-refractivity contribution is -0.121. The minimum absolute atomic E-state index is 0.00292. The van der Waals surface area contributed by atoms with Gasteiger partial charge in [-0.3, -0.25) is 9.59 Å². The lowest BCUT2D eigenvalue weighted by Gasteiger charge is -2.30. The summed E-state index contributed by atoms with van der Waals surface area (Å²) >= 11 is 0. The highest BCUT2D eigenvalue weighted by atomic mass is 16.5. The van der Waals surface area contributed by atoms with Crippen LogP contribution < -0.4 is 15.0 Å². The topological polar surface area (TPSA) is 61.9 Å². The van der Waals surface area contributed by atoms with E-state index in [-0.39, 0.29) is 18.4 Å². The zero-order chi connectivity index (χ0) is 16.8. The zero-order valence-electron chi connectivity index (χ0n) is 14.1. The van der Waals surface area contributed by atoms with Crippen molar-refractivity contribution in [3.05, 3.63) is 18.2 Å². The Labute approximate surface area is 137 Å². The van der Waals surface area contributed by atoms with Gasteiger partial charge in [0.1, 0.15) is 5.75 Å². The van der Waals surface area contributed by atoms with E-state index in [1.807, 2.05) is 31.1 Å². The van der Waals surface area contributed by atoms with Crippen LogP contribution in [0.15, 0.2) is 18.2 Å². The average Bonchev–Trinajstić information content (AvgIpc) is 2.52. The summed E-state index contributed by atoms with van der Waals surface area (Å²) in [6.45, 7) is 3.48. The van der Waals surface area contributed by atoms with Crippen molar-refractivity contribution in [2.24, 2.45) is 0 Å². The van der Waals surface area contributed by atoms with Crippen LogP contribution in [0.4, 0.5) is 11.4 Å². The van der Waals surface area contributed by atoms with Gasteiger partial charge in [-0.05, 0) is 32.6 Å². The number of nitrogens with zero attached hydrogens (tertiary/aromatic N) is 2. The summed E-state index contributed by atoms with van der Waals surface area (Å²) in [5.74, 6) is 0.596. The number of benzene rings is 1. The third-order valence-electron chi connectivity index (χ3n) is 3.71. The molecular formula is C17H25N3O3. The highest BCUT2D eigenvalue weighted by molar-refractivity contribution is 5.99.